The second kappa shape index (κ2) is 5.42. The first-order chi connectivity index (χ1) is 11.8. The van der Waals surface area contributed by atoms with Gasteiger partial charge in [-0.2, -0.15) is 0 Å². The van der Waals surface area contributed by atoms with E-state index >= 15 is 0 Å². The highest BCUT2D eigenvalue weighted by Gasteiger charge is 2.67. The molecule has 0 amide bonds. The Bertz CT molecular complexity index is 676. The Morgan fingerprint density at radius 1 is 1.28 bits per heavy atom. The molecule has 0 radical (unpaired) electrons. The Balaban J connectivity index is 1.75. The summed E-state index contributed by atoms with van der Waals surface area (Å²) in [7, 11) is 0. The molecule has 4 heteroatoms. The summed E-state index contributed by atoms with van der Waals surface area (Å²) >= 11 is 0. The summed E-state index contributed by atoms with van der Waals surface area (Å²) in [5.74, 6) is 2.83. The zero-order valence-corrected chi connectivity index (χ0v) is 14.9. The van der Waals surface area contributed by atoms with Crippen molar-refractivity contribution in [2.75, 3.05) is 6.61 Å². The molecule has 25 heavy (non-hydrogen) atoms. The molecular weight excluding hydrogens is 316 g/mol. The van der Waals surface area contributed by atoms with Gasteiger partial charge in [0.25, 0.3) is 0 Å². The Hall–Kier alpha value is -1.15. The lowest BCUT2D eigenvalue weighted by Crippen LogP contribution is -2.56. The molecule has 7 atom stereocenters. The largest absolute Gasteiger partial charge is 0.395 e. The van der Waals surface area contributed by atoms with Gasteiger partial charge in [-0.25, -0.2) is 0 Å². The van der Waals surface area contributed by atoms with Crippen molar-refractivity contribution in [3.63, 3.8) is 0 Å². The van der Waals surface area contributed by atoms with E-state index in [1.54, 1.807) is 0 Å². The highest BCUT2D eigenvalue weighted by atomic mass is 16.3. The van der Waals surface area contributed by atoms with E-state index in [1.807, 2.05) is 6.92 Å². The van der Waals surface area contributed by atoms with Crippen molar-refractivity contribution in [2.45, 2.75) is 63.6 Å². The summed E-state index contributed by atoms with van der Waals surface area (Å²) in [4.78, 5) is 12.6. The number of ketones is 1. The van der Waals surface area contributed by atoms with Gasteiger partial charge in [-0.1, -0.05) is 24.5 Å². The third kappa shape index (κ3) is 1.98. The third-order valence-corrected chi connectivity index (χ3v) is 8.32. The number of aliphatic hydroxyl groups is 3. The number of Topliss-reactive ketones (excluding diaryl/α,β-unsaturated/α-hetero) is 1. The van der Waals surface area contributed by atoms with Crippen molar-refractivity contribution in [3.8, 4) is 12.3 Å². The van der Waals surface area contributed by atoms with Crippen LogP contribution < -0.4 is 0 Å². The molecule has 0 heterocycles. The highest BCUT2D eigenvalue weighted by Crippen LogP contribution is 2.66. The van der Waals surface area contributed by atoms with Gasteiger partial charge in [0, 0.05) is 17.3 Å². The molecule has 0 bridgehead atoms. The molecule has 0 aromatic carbocycles. The monoisotopic (exact) mass is 344 g/mol. The van der Waals surface area contributed by atoms with Gasteiger partial charge in [-0.15, -0.1) is 6.42 Å². The zero-order chi connectivity index (χ0) is 18.0. The van der Waals surface area contributed by atoms with Crippen LogP contribution in [0.4, 0.5) is 0 Å². The first-order valence-corrected chi connectivity index (χ1v) is 9.54. The van der Waals surface area contributed by atoms with Gasteiger partial charge in [0.2, 0.25) is 0 Å². The van der Waals surface area contributed by atoms with Crippen LogP contribution in [-0.2, 0) is 4.79 Å². The first kappa shape index (κ1) is 17.3. The summed E-state index contributed by atoms with van der Waals surface area (Å²) in [5, 5.41) is 31.3. The number of allylic oxidation sites excluding steroid dienone is 1. The summed E-state index contributed by atoms with van der Waals surface area (Å²) in [6.07, 6.45) is 12.4. The Morgan fingerprint density at radius 3 is 2.72 bits per heavy atom. The second-order valence-electron chi connectivity index (χ2n) is 8.99. The number of hydrogen-bond donors (Lipinski definition) is 3. The van der Waals surface area contributed by atoms with Gasteiger partial charge in [0.1, 0.15) is 0 Å². The van der Waals surface area contributed by atoms with Crippen LogP contribution in [0, 0.1) is 40.9 Å². The number of rotatable bonds is 1. The Kier molecular flexibility index (Phi) is 3.75. The smallest absolute Gasteiger partial charge is 0.189 e. The van der Waals surface area contributed by atoms with Crippen LogP contribution in [0.5, 0.6) is 0 Å². The van der Waals surface area contributed by atoms with E-state index in [9.17, 15) is 20.1 Å². The summed E-state index contributed by atoms with van der Waals surface area (Å²) < 4.78 is 0. The molecule has 3 unspecified atom stereocenters. The van der Waals surface area contributed by atoms with Gasteiger partial charge in [-0.3, -0.25) is 4.79 Å². The number of carbonyl (C=O) groups excluding carboxylic acids is 1. The highest BCUT2D eigenvalue weighted by molar-refractivity contribution is 5.94. The fourth-order valence-corrected chi connectivity index (χ4v) is 6.79. The number of aliphatic hydroxyl groups excluding tert-OH is 2. The maximum Gasteiger partial charge on any atom is 0.189 e. The van der Waals surface area contributed by atoms with E-state index in [0.717, 1.165) is 25.7 Å². The standard InChI is InChI=1S/C21H28O4/c1-3-21(25)18(24)11-17-15-5-4-13-10-14(23)6-9-20(13,12-22)16(15)7-8-19(17,21)2/h1,4,14-17,22-23,25H,5-12H2,2H3/t14-,15?,16?,17?,19+,20-,21+/m1/s1. The quantitative estimate of drug-likeness (QED) is 0.501. The molecule has 4 aliphatic carbocycles. The van der Waals surface area contributed by atoms with Crippen LogP contribution in [-0.4, -0.2) is 39.4 Å². The fraction of sp³-hybridized carbons (Fsp3) is 0.762. The number of carbonyl (C=O) groups is 1. The van der Waals surface area contributed by atoms with Crippen molar-refractivity contribution in [3.05, 3.63) is 11.6 Å². The van der Waals surface area contributed by atoms with Gasteiger partial charge < -0.3 is 15.3 Å². The Labute approximate surface area is 149 Å². The van der Waals surface area contributed by atoms with Crippen LogP contribution in [0.25, 0.3) is 0 Å². The molecule has 3 N–H and O–H groups in total. The van der Waals surface area contributed by atoms with Crippen LogP contribution in [0.3, 0.4) is 0 Å². The number of terminal acetylenes is 1. The lowest BCUT2D eigenvalue weighted by Gasteiger charge is -2.58. The third-order valence-electron chi connectivity index (χ3n) is 8.32. The van der Waals surface area contributed by atoms with Crippen molar-refractivity contribution in [1.82, 2.24) is 0 Å². The summed E-state index contributed by atoms with van der Waals surface area (Å²) in [6.45, 7) is 2.08. The minimum Gasteiger partial charge on any atom is -0.395 e. The summed E-state index contributed by atoms with van der Waals surface area (Å²) in [5.41, 5.74) is -1.28. The first-order valence-electron chi connectivity index (χ1n) is 9.54. The van der Waals surface area contributed by atoms with Gasteiger partial charge in [0.15, 0.2) is 11.4 Å². The van der Waals surface area contributed by atoms with E-state index < -0.39 is 11.0 Å². The minimum atomic E-state index is -1.65. The average Bonchev–Trinajstić information content (AvgIpc) is 2.82. The van der Waals surface area contributed by atoms with Crippen LogP contribution >= 0.6 is 0 Å². The number of fused-ring (bicyclic) bond motifs is 5. The molecule has 0 aromatic heterocycles. The fourth-order valence-electron chi connectivity index (χ4n) is 6.79. The number of hydrogen-bond acceptors (Lipinski definition) is 4. The predicted octanol–water partition coefficient (Wildman–Crippen LogP) is 1.83. The topological polar surface area (TPSA) is 77.8 Å². The normalized spacial score (nSPS) is 51.8. The maximum atomic E-state index is 12.6. The molecule has 0 aromatic rings. The lowest BCUT2D eigenvalue weighted by molar-refractivity contribution is -0.140. The molecule has 0 aliphatic heterocycles. The molecule has 0 spiro atoms. The van der Waals surface area contributed by atoms with E-state index in [2.05, 4.69) is 12.0 Å². The van der Waals surface area contributed by atoms with E-state index in [-0.39, 0.29) is 35.7 Å². The maximum absolute atomic E-state index is 12.6. The lowest BCUT2D eigenvalue weighted by atomic mass is 9.46. The second-order valence-corrected chi connectivity index (χ2v) is 8.99. The van der Waals surface area contributed by atoms with Gasteiger partial charge in [-0.05, 0) is 56.3 Å². The van der Waals surface area contributed by atoms with Crippen LogP contribution in [0.2, 0.25) is 0 Å². The van der Waals surface area contributed by atoms with Crippen molar-refractivity contribution >= 4 is 5.78 Å². The van der Waals surface area contributed by atoms with E-state index in [1.165, 1.54) is 5.57 Å². The van der Waals surface area contributed by atoms with Crippen molar-refractivity contribution < 1.29 is 20.1 Å². The molecule has 136 valence electrons. The molecule has 3 fully saturated rings. The molecule has 0 saturated heterocycles. The SMILES string of the molecule is C#C[C@]1(O)C(=O)CC2C3CC=C4C[C@H](O)CC[C@]4(CO)C3CC[C@@]21C. The van der Waals surface area contributed by atoms with Crippen LogP contribution in [0.1, 0.15) is 51.9 Å². The van der Waals surface area contributed by atoms with Crippen molar-refractivity contribution in [1.29, 1.82) is 0 Å². The molecule has 3 saturated carbocycles. The van der Waals surface area contributed by atoms with E-state index in [0.29, 0.717) is 25.2 Å². The van der Waals surface area contributed by atoms with Crippen molar-refractivity contribution in [2.24, 2.45) is 28.6 Å². The average molecular weight is 344 g/mol. The molecule has 4 nitrogen and oxygen atoms in total. The van der Waals surface area contributed by atoms with Gasteiger partial charge in [0.05, 0.1) is 12.7 Å². The zero-order valence-electron chi connectivity index (χ0n) is 14.9. The van der Waals surface area contributed by atoms with E-state index in [4.69, 9.17) is 6.42 Å². The minimum absolute atomic E-state index is 0.0628. The molecule has 4 aliphatic rings. The van der Waals surface area contributed by atoms with Gasteiger partial charge >= 0.3 is 0 Å². The predicted molar refractivity (Wildman–Crippen MR) is 93.3 cm³/mol. The summed E-state index contributed by atoms with van der Waals surface area (Å²) in [6, 6.07) is 0. The van der Waals surface area contributed by atoms with Crippen LogP contribution in [0.15, 0.2) is 11.6 Å². The molecular formula is C21H28O4. The Morgan fingerprint density at radius 2 is 2.04 bits per heavy atom. The molecule has 4 rings (SSSR count).